The van der Waals surface area contributed by atoms with Gasteiger partial charge in [-0.2, -0.15) is 0 Å². The maximum absolute atomic E-state index is 2.45. The Labute approximate surface area is 52.3 Å². The lowest BCUT2D eigenvalue weighted by molar-refractivity contribution is 0.380. The summed E-state index contributed by atoms with van der Waals surface area (Å²) in [4.78, 5) is 0. The second-order valence-electron chi connectivity index (χ2n) is 3.13. The van der Waals surface area contributed by atoms with Crippen LogP contribution in [0.3, 0.4) is 0 Å². The number of hydrogen-bond acceptors (Lipinski definition) is 0. The first-order valence-electron chi connectivity index (χ1n) is 3.62. The van der Waals surface area contributed by atoms with Gasteiger partial charge in [0, 0.05) is 0 Å². The van der Waals surface area contributed by atoms with Crippen LogP contribution in [-0.4, -0.2) is 0 Å². The lowest BCUT2D eigenvalue weighted by Gasteiger charge is -2.21. The summed E-state index contributed by atoms with van der Waals surface area (Å²) in [6.07, 6.45) is 6.66. The Balaban J connectivity index is 2.19. The fourth-order valence-corrected chi connectivity index (χ4v) is 1.25. The molecule has 0 saturated heterocycles. The molecule has 0 nitrogen and oxygen atoms in total. The summed E-state index contributed by atoms with van der Waals surface area (Å²) in [6.45, 7) is 4.65. The highest BCUT2D eigenvalue weighted by atomic mass is 14.2. The van der Waals surface area contributed by atoms with E-state index in [1.807, 2.05) is 0 Å². The van der Waals surface area contributed by atoms with Gasteiger partial charge in [-0.05, 0) is 24.7 Å². The van der Waals surface area contributed by atoms with Crippen molar-refractivity contribution >= 4 is 0 Å². The van der Waals surface area contributed by atoms with Crippen molar-refractivity contribution in [2.45, 2.75) is 33.1 Å². The van der Waals surface area contributed by atoms with Gasteiger partial charge < -0.3 is 0 Å². The van der Waals surface area contributed by atoms with Gasteiger partial charge in [-0.1, -0.05) is 26.7 Å². The Morgan fingerprint density at radius 3 is 2.38 bits per heavy atom. The molecule has 0 heterocycles. The Morgan fingerprint density at radius 2 is 2.00 bits per heavy atom. The Hall–Kier alpha value is 0. The first-order valence-corrected chi connectivity index (χ1v) is 3.62. The normalized spacial score (nSPS) is 39.8. The zero-order valence-electron chi connectivity index (χ0n) is 5.85. The summed E-state index contributed by atoms with van der Waals surface area (Å²) in [7, 11) is 0. The topological polar surface area (TPSA) is 0 Å². The average Bonchev–Trinajstić information content (AvgIpc) is 1.77. The van der Waals surface area contributed by atoms with Crippen LogP contribution in [0.1, 0.15) is 33.1 Å². The first kappa shape index (κ1) is 6.12. The van der Waals surface area contributed by atoms with Crippen LogP contribution in [0.5, 0.6) is 0 Å². The minimum absolute atomic E-state index is 0.895. The second-order valence-corrected chi connectivity index (χ2v) is 3.13. The van der Waals surface area contributed by atoms with Crippen LogP contribution in [0.25, 0.3) is 0 Å². The van der Waals surface area contributed by atoms with Gasteiger partial charge in [0.1, 0.15) is 0 Å². The lowest BCUT2D eigenvalue weighted by atomic mass is 9.84. The van der Waals surface area contributed by atoms with Crippen molar-refractivity contribution < 1.29 is 0 Å². The van der Waals surface area contributed by atoms with Crippen LogP contribution in [0.15, 0.2) is 0 Å². The predicted octanol–water partition coefficient (Wildman–Crippen LogP) is 2.65. The molecule has 8 heavy (non-hydrogen) atoms. The molecule has 1 fully saturated rings. The zero-order valence-corrected chi connectivity index (χ0v) is 5.85. The molecule has 1 saturated carbocycles. The van der Waals surface area contributed by atoms with E-state index in [4.69, 9.17) is 0 Å². The smallest absolute Gasteiger partial charge is 0.0355 e. The summed E-state index contributed by atoms with van der Waals surface area (Å²) in [5, 5.41) is 0. The van der Waals surface area contributed by atoms with Crippen molar-refractivity contribution in [1.29, 1.82) is 0 Å². The molecule has 0 amide bonds. The van der Waals surface area contributed by atoms with Crippen LogP contribution in [0.4, 0.5) is 0 Å². The van der Waals surface area contributed by atoms with Crippen molar-refractivity contribution in [3.8, 4) is 0 Å². The highest BCUT2D eigenvalue weighted by Gasteiger charge is 2.13. The van der Waals surface area contributed by atoms with Gasteiger partial charge in [0.15, 0.2) is 0 Å². The van der Waals surface area contributed by atoms with Crippen molar-refractivity contribution in [3.63, 3.8) is 0 Å². The van der Waals surface area contributed by atoms with E-state index < -0.39 is 0 Å². The maximum Gasteiger partial charge on any atom is -0.0355 e. The lowest BCUT2D eigenvalue weighted by Crippen LogP contribution is -2.09. The third-order valence-corrected chi connectivity index (χ3v) is 2.06. The van der Waals surface area contributed by atoms with E-state index in [0.29, 0.717) is 0 Å². The zero-order chi connectivity index (χ0) is 5.98. The summed E-state index contributed by atoms with van der Waals surface area (Å²) < 4.78 is 0. The van der Waals surface area contributed by atoms with Crippen LogP contribution in [0.2, 0.25) is 0 Å². The van der Waals surface area contributed by atoms with E-state index in [2.05, 4.69) is 20.3 Å². The molecule has 1 aliphatic carbocycles. The molecule has 0 N–H and O–H groups in total. The third kappa shape index (κ3) is 1.50. The van der Waals surface area contributed by atoms with Gasteiger partial charge >= 0.3 is 0 Å². The van der Waals surface area contributed by atoms with Crippen molar-refractivity contribution in [2.75, 3.05) is 0 Å². The average molecular weight is 111 g/mol. The molecule has 47 valence electrons. The Morgan fingerprint density at radius 1 is 1.25 bits per heavy atom. The molecule has 2 atom stereocenters. The molecule has 0 aromatic rings. The van der Waals surface area contributed by atoms with Crippen LogP contribution in [0, 0.1) is 18.3 Å². The summed E-state index contributed by atoms with van der Waals surface area (Å²) in [6, 6.07) is 0. The molecule has 0 unspecified atom stereocenters. The molecule has 1 rings (SSSR count). The Bertz CT molecular complexity index is 48.4. The third-order valence-electron chi connectivity index (χ3n) is 2.06. The van der Waals surface area contributed by atoms with Gasteiger partial charge in [0.2, 0.25) is 0 Å². The van der Waals surface area contributed by atoms with E-state index in [1.165, 1.54) is 19.3 Å². The summed E-state index contributed by atoms with van der Waals surface area (Å²) in [5.74, 6) is 1.86. The molecular weight excluding hydrogens is 96.1 g/mol. The highest BCUT2D eigenvalue weighted by molar-refractivity contribution is 4.80. The summed E-state index contributed by atoms with van der Waals surface area (Å²) in [5.41, 5.74) is 0. The van der Waals surface area contributed by atoms with Gasteiger partial charge in [-0.15, -0.1) is 0 Å². The molecule has 0 spiro atoms. The fraction of sp³-hybridized carbons (Fsp3) is 0.875. The van der Waals surface area contributed by atoms with Gasteiger partial charge in [0.05, 0.1) is 0 Å². The quantitative estimate of drug-likeness (QED) is 0.451. The second kappa shape index (κ2) is 2.52. The standard InChI is InChI=1S/C8H15/c1-7-3-5-8(2)6-4-7/h3,7-8H,4-6H2,1-2H3/t7-,8+/m0/s1. The summed E-state index contributed by atoms with van der Waals surface area (Å²) >= 11 is 0. The molecule has 1 aliphatic rings. The van der Waals surface area contributed by atoms with Gasteiger partial charge in [0.25, 0.3) is 0 Å². The van der Waals surface area contributed by atoms with Crippen LogP contribution in [-0.2, 0) is 0 Å². The molecule has 0 aromatic heterocycles. The largest absolute Gasteiger partial charge is 0.0625 e. The van der Waals surface area contributed by atoms with Crippen LogP contribution < -0.4 is 0 Å². The highest BCUT2D eigenvalue weighted by Crippen LogP contribution is 2.26. The van der Waals surface area contributed by atoms with Gasteiger partial charge in [-0.3, -0.25) is 0 Å². The molecule has 0 bridgehead atoms. The van der Waals surface area contributed by atoms with Crippen molar-refractivity contribution in [3.05, 3.63) is 6.42 Å². The fourth-order valence-electron chi connectivity index (χ4n) is 1.25. The SMILES string of the molecule is C[C@@H]1C[CH][C@H](C)CC1. The van der Waals surface area contributed by atoms with E-state index >= 15 is 0 Å². The van der Waals surface area contributed by atoms with E-state index in [1.54, 1.807) is 0 Å². The molecule has 0 aliphatic heterocycles. The monoisotopic (exact) mass is 111 g/mol. The molecule has 0 heteroatoms. The number of hydrogen-bond donors (Lipinski definition) is 0. The molecular formula is C8H15. The predicted molar refractivity (Wildman–Crippen MR) is 36.5 cm³/mol. The Kier molecular flexibility index (Phi) is 1.93. The molecule has 1 radical (unpaired) electrons. The van der Waals surface area contributed by atoms with E-state index in [0.717, 1.165) is 11.8 Å². The minimum Gasteiger partial charge on any atom is -0.0625 e. The number of rotatable bonds is 0. The van der Waals surface area contributed by atoms with Crippen molar-refractivity contribution in [1.82, 2.24) is 0 Å². The van der Waals surface area contributed by atoms with E-state index in [-0.39, 0.29) is 0 Å². The first-order chi connectivity index (χ1) is 3.79. The molecule has 0 aromatic carbocycles. The van der Waals surface area contributed by atoms with Crippen LogP contribution >= 0.6 is 0 Å². The van der Waals surface area contributed by atoms with E-state index in [9.17, 15) is 0 Å². The maximum atomic E-state index is 2.45. The van der Waals surface area contributed by atoms with Gasteiger partial charge in [-0.25, -0.2) is 0 Å². The van der Waals surface area contributed by atoms with Crippen molar-refractivity contribution in [2.24, 2.45) is 11.8 Å². The minimum atomic E-state index is 0.895.